The molecule has 1 atom stereocenters. The number of hydrogen-bond donors (Lipinski definition) is 2. The maximum absolute atomic E-state index is 4.27. The second-order valence-electron chi connectivity index (χ2n) is 5.54. The average molecular weight is 290 g/mol. The van der Waals surface area contributed by atoms with E-state index in [4.69, 9.17) is 0 Å². The van der Waals surface area contributed by atoms with Crippen LogP contribution in [0.1, 0.15) is 25.3 Å². The van der Waals surface area contributed by atoms with E-state index < -0.39 is 0 Å². The minimum Gasteiger partial charge on any atom is -0.356 e. The first-order valence-electron chi connectivity index (χ1n) is 7.82. The zero-order chi connectivity index (χ0) is 15.5. The summed E-state index contributed by atoms with van der Waals surface area (Å²) in [4.78, 5) is 6.54. The van der Waals surface area contributed by atoms with Gasteiger partial charge in [0.15, 0.2) is 5.96 Å². The van der Waals surface area contributed by atoms with E-state index in [1.54, 1.807) is 0 Å². The van der Waals surface area contributed by atoms with E-state index in [2.05, 4.69) is 71.9 Å². The van der Waals surface area contributed by atoms with Gasteiger partial charge in [-0.15, -0.1) is 0 Å². The molecule has 2 N–H and O–H groups in total. The smallest absolute Gasteiger partial charge is 0.191 e. The van der Waals surface area contributed by atoms with Crippen LogP contribution in [0.4, 0.5) is 0 Å². The van der Waals surface area contributed by atoms with Gasteiger partial charge in [0.25, 0.3) is 0 Å². The predicted molar refractivity (Wildman–Crippen MR) is 91.9 cm³/mol. The summed E-state index contributed by atoms with van der Waals surface area (Å²) in [7, 11) is 6.08. The van der Waals surface area contributed by atoms with E-state index in [0.29, 0.717) is 6.04 Å². The molecular weight excluding hydrogens is 260 g/mol. The third-order valence-electron chi connectivity index (χ3n) is 3.60. The van der Waals surface area contributed by atoms with E-state index in [9.17, 15) is 0 Å². The van der Waals surface area contributed by atoms with Gasteiger partial charge in [-0.3, -0.25) is 4.99 Å². The van der Waals surface area contributed by atoms with Gasteiger partial charge in [0, 0.05) is 26.2 Å². The first-order valence-corrected chi connectivity index (χ1v) is 7.82. The van der Waals surface area contributed by atoms with Gasteiger partial charge < -0.3 is 15.5 Å². The van der Waals surface area contributed by atoms with Crippen LogP contribution in [0.25, 0.3) is 0 Å². The Morgan fingerprint density at radius 1 is 1.19 bits per heavy atom. The van der Waals surface area contributed by atoms with E-state index >= 15 is 0 Å². The largest absolute Gasteiger partial charge is 0.356 e. The van der Waals surface area contributed by atoms with Crippen LogP contribution in [0.15, 0.2) is 35.3 Å². The number of nitrogens with one attached hydrogen (secondary N) is 2. The van der Waals surface area contributed by atoms with Crippen LogP contribution in [-0.2, 0) is 6.42 Å². The maximum Gasteiger partial charge on any atom is 0.191 e. The summed E-state index contributed by atoms with van der Waals surface area (Å²) in [6.45, 7) is 4.05. The molecule has 1 aromatic carbocycles. The summed E-state index contributed by atoms with van der Waals surface area (Å²) in [6.07, 6.45) is 3.40. The van der Waals surface area contributed by atoms with Crippen molar-refractivity contribution in [3.05, 3.63) is 35.9 Å². The summed E-state index contributed by atoms with van der Waals surface area (Å²) in [5.41, 5.74) is 1.37. The maximum atomic E-state index is 4.27. The molecule has 0 heterocycles. The Hall–Kier alpha value is -1.55. The fourth-order valence-corrected chi connectivity index (χ4v) is 2.14. The van der Waals surface area contributed by atoms with Gasteiger partial charge >= 0.3 is 0 Å². The normalized spacial score (nSPS) is 13.3. The highest BCUT2D eigenvalue weighted by atomic mass is 15.2. The monoisotopic (exact) mass is 290 g/mol. The highest BCUT2D eigenvalue weighted by molar-refractivity contribution is 5.79. The van der Waals surface area contributed by atoms with Crippen molar-refractivity contribution in [1.82, 2.24) is 15.5 Å². The van der Waals surface area contributed by atoms with Crippen LogP contribution in [0.3, 0.4) is 0 Å². The van der Waals surface area contributed by atoms with Crippen molar-refractivity contribution in [3.63, 3.8) is 0 Å². The molecule has 0 aliphatic heterocycles. The third kappa shape index (κ3) is 7.14. The quantitative estimate of drug-likeness (QED) is 0.438. The van der Waals surface area contributed by atoms with E-state index in [1.165, 1.54) is 18.4 Å². The summed E-state index contributed by atoms with van der Waals surface area (Å²) in [5.74, 6) is 0.892. The molecule has 0 saturated heterocycles. The molecule has 0 aromatic heterocycles. The number of aliphatic imine (C=N–C) groups is 1. The first kappa shape index (κ1) is 17.5. The zero-order valence-electron chi connectivity index (χ0n) is 13.9. The Morgan fingerprint density at radius 3 is 2.48 bits per heavy atom. The number of benzene rings is 1. The van der Waals surface area contributed by atoms with Gasteiger partial charge in [-0.05, 0) is 32.5 Å². The van der Waals surface area contributed by atoms with Crippen molar-refractivity contribution < 1.29 is 0 Å². The first-order chi connectivity index (χ1) is 10.2. The number of guanidine groups is 1. The average Bonchev–Trinajstić information content (AvgIpc) is 2.50. The second kappa shape index (κ2) is 10.2. The topological polar surface area (TPSA) is 39.7 Å². The fraction of sp³-hybridized carbons (Fsp3) is 0.588. The lowest BCUT2D eigenvalue weighted by Crippen LogP contribution is -2.46. The van der Waals surface area contributed by atoms with Crippen LogP contribution in [0.5, 0.6) is 0 Å². The van der Waals surface area contributed by atoms with Gasteiger partial charge in [0.1, 0.15) is 0 Å². The Labute approximate surface area is 129 Å². The van der Waals surface area contributed by atoms with Crippen molar-refractivity contribution in [1.29, 1.82) is 0 Å². The lowest BCUT2D eigenvalue weighted by Gasteiger charge is -2.25. The molecule has 0 fully saturated rings. The van der Waals surface area contributed by atoms with Gasteiger partial charge in [-0.1, -0.05) is 43.7 Å². The molecule has 21 heavy (non-hydrogen) atoms. The molecule has 118 valence electrons. The molecule has 0 radical (unpaired) electrons. The number of hydrogen-bond acceptors (Lipinski definition) is 2. The van der Waals surface area contributed by atoms with Crippen molar-refractivity contribution >= 4 is 5.96 Å². The molecule has 0 bridgehead atoms. The lowest BCUT2D eigenvalue weighted by atomic mass is 10.1. The molecule has 0 spiro atoms. The van der Waals surface area contributed by atoms with Crippen molar-refractivity contribution in [2.45, 2.75) is 32.2 Å². The van der Waals surface area contributed by atoms with E-state index in [-0.39, 0.29) is 0 Å². The molecule has 0 aliphatic rings. The third-order valence-corrected chi connectivity index (χ3v) is 3.60. The van der Waals surface area contributed by atoms with Gasteiger partial charge in [0.05, 0.1) is 0 Å². The molecule has 4 heteroatoms. The molecule has 0 saturated carbocycles. The highest BCUT2D eigenvalue weighted by Gasteiger charge is 2.12. The van der Waals surface area contributed by atoms with Crippen LogP contribution >= 0.6 is 0 Å². The van der Waals surface area contributed by atoms with Gasteiger partial charge in [0.2, 0.25) is 0 Å². The van der Waals surface area contributed by atoms with Crippen LogP contribution < -0.4 is 10.6 Å². The van der Waals surface area contributed by atoms with Crippen LogP contribution in [0, 0.1) is 0 Å². The number of unbranched alkanes of at least 4 members (excludes halogenated alkanes) is 1. The lowest BCUT2D eigenvalue weighted by molar-refractivity contribution is 0.290. The van der Waals surface area contributed by atoms with Crippen molar-refractivity contribution in [2.24, 2.45) is 4.99 Å². The molecular formula is C17H30N4. The number of nitrogens with zero attached hydrogens (tertiary/aromatic N) is 2. The van der Waals surface area contributed by atoms with Crippen LogP contribution in [-0.4, -0.2) is 51.1 Å². The molecule has 1 unspecified atom stereocenters. The molecule has 1 rings (SSSR count). The number of rotatable bonds is 8. The molecule has 1 aromatic rings. The summed E-state index contributed by atoms with van der Waals surface area (Å²) in [6, 6.07) is 11.1. The Bertz CT molecular complexity index is 401. The summed E-state index contributed by atoms with van der Waals surface area (Å²) in [5, 5.41) is 6.78. The van der Waals surface area contributed by atoms with Crippen molar-refractivity contribution in [3.8, 4) is 0 Å². The Morgan fingerprint density at radius 2 is 1.90 bits per heavy atom. The van der Waals surface area contributed by atoms with E-state index in [0.717, 1.165) is 25.5 Å². The van der Waals surface area contributed by atoms with Gasteiger partial charge in [-0.25, -0.2) is 0 Å². The minimum absolute atomic E-state index is 0.442. The minimum atomic E-state index is 0.442. The second-order valence-corrected chi connectivity index (χ2v) is 5.54. The summed E-state index contributed by atoms with van der Waals surface area (Å²) < 4.78 is 0. The fourth-order valence-electron chi connectivity index (χ4n) is 2.14. The zero-order valence-corrected chi connectivity index (χ0v) is 13.9. The molecule has 0 amide bonds. The SMILES string of the molecule is CCCCNC(=NC)NCC(Cc1ccccc1)N(C)C. The Balaban J connectivity index is 2.47. The molecule has 0 aliphatic carbocycles. The van der Waals surface area contributed by atoms with Crippen molar-refractivity contribution in [2.75, 3.05) is 34.2 Å². The van der Waals surface area contributed by atoms with Gasteiger partial charge in [-0.2, -0.15) is 0 Å². The van der Waals surface area contributed by atoms with Crippen LogP contribution in [0.2, 0.25) is 0 Å². The Kier molecular flexibility index (Phi) is 8.51. The number of likely N-dealkylation sites (N-methyl/N-ethyl adjacent to an activating group) is 1. The molecule has 4 nitrogen and oxygen atoms in total. The standard InChI is InChI=1S/C17H30N4/c1-5-6-12-19-17(18-2)20-14-16(21(3)4)13-15-10-8-7-9-11-15/h7-11,16H,5-6,12-14H2,1-4H3,(H2,18,19,20). The summed E-state index contributed by atoms with van der Waals surface area (Å²) >= 11 is 0. The highest BCUT2D eigenvalue weighted by Crippen LogP contribution is 2.06. The van der Waals surface area contributed by atoms with E-state index in [1.807, 2.05) is 7.05 Å². The predicted octanol–water partition coefficient (Wildman–Crippen LogP) is 2.12.